The smallest absolute Gasteiger partial charge is 0.0634 e. The van der Waals surface area contributed by atoms with Crippen LogP contribution in [0.2, 0.25) is 0 Å². The fraction of sp³-hybridized carbons (Fsp3) is 0.0294. The number of para-hydroxylation sites is 6. The summed E-state index contributed by atoms with van der Waals surface area (Å²) in [6.07, 6.45) is 0. The quantitative estimate of drug-likeness (QED) is 0.151. The first kappa shape index (κ1) is 40.5. The molecule has 0 radical (unpaired) electrons. The summed E-state index contributed by atoms with van der Waals surface area (Å²) in [6, 6.07) is 89.5. The Labute approximate surface area is 416 Å². The molecule has 0 bridgehead atoms. The van der Waals surface area contributed by atoms with Crippen LogP contribution in [0.4, 0.5) is 34.1 Å². The number of benzene rings is 11. The molecule has 0 fully saturated rings. The van der Waals surface area contributed by atoms with Crippen LogP contribution in [0.3, 0.4) is 0 Å². The van der Waals surface area contributed by atoms with Crippen LogP contribution in [0.15, 0.2) is 243 Å². The highest BCUT2D eigenvalue weighted by Crippen LogP contribution is 2.55. The number of nitrogens with zero attached hydrogens (tertiary/aromatic N) is 4. The van der Waals surface area contributed by atoms with Gasteiger partial charge in [-0.05, 0) is 96.8 Å². The second kappa shape index (κ2) is 15.6. The zero-order valence-corrected chi connectivity index (χ0v) is 39.9. The van der Waals surface area contributed by atoms with Crippen molar-refractivity contribution >= 4 is 110 Å². The Morgan fingerprint density at radius 1 is 0.278 bits per heavy atom. The molecular formula is C68H46N4. The predicted octanol–water partition coefficient (Wildman–Crippen LogP) is 18.9. The summed E-state index contributed by atoms with van der Waals surface area (Å²) in [4.78, 5) is 4.83. The van der Waals surface area contributed by atoms with Gasteiger partial charge in [0.1, 0.15) is 0 Å². The van der Waals surface area contributed by atoms with Crippen molar-refractivity contribution in [2.75, 3.05) is 9.80 Å². The fourth-order valence-corrected chi connectivity index (χ4v) is 12.4. The van der Waals surface area contributed by atoms with Gasteiger partial charge in [-0.3, -0.25) is 0 Å². The van der Waals surface area contributed by atoms with Crippen LogP contribution in [-0.4, -0.2) is 8.80 Å². The van der Waals surface area contributed by atoms with Crippen LogP contribution >= 0.6 is 0 Å². The molecule has 0 aliphatic heterocycles. The summed E-state index contributed by atoms with van der Waals surface area (Å²) in [5.74, 6) is 0. The highest BCUT2D eigenvalue weighted by Gasteiger charge is 2.31. The summed E-state index contributed by atoms with van der Waals surface area (Å²) in [5.41, 5.74) is 21.4. The van der Waals surface area contributed by atoms with Gasteiger partial charge in [0, 0.05) is 88.3 Å². The van der Waals surface area contributed by atoms with Gasteiger partial charge < -0.3 is 18.6 Å². The first-order chi connectivity index (χ1) is 35.6. The van der Waals surface area contributed by atoms with E-state index in [1.807, 2.05) is 0 Å². The Bertz CT molecular complexity index is 4280. The maximum Gasteiger partial charge on any atom is 0.0634 e. The van der Waals surface area contributed by atoms with E-state index in [-0.39, 0.29) is 0 Å². The molecule has 4 nitrogen and oxygen atoms in total. The molecule has 0 atom stereocenters. The van der Waals surface area contributed by atoms with Crippen LogP contribution in [0.1, 0.15) is 11.1 Å². The first-order valence-corrected chi connectivity index (χ1v) is 24.9. The minimum Gasteiger partial charge on any atom is -0.310 e. The fourth-order valence-electron chi connectivity index (χ4n) is 12.4. The molecule has 4 aromatic heterocycles. The van der Waals surface area contributed by atoms with E-state index in [0.717, 1.165) is 34.1 Å². The Morgan fingerprint density at radius 2 is 0.639 bits per heavy atom. The molecule has 0 unspecified atom stereocenters. The normalized spacial score (nSPS) is 12.0. The lowest BCUT2D eigenvalue weighted by atomic mass is 9.89. The molecule has 0 aliphatic rings. The molecule has 0 aliphatic carbocycles. The molecular weight excluding hydrogens is 873 g/mol. The van der Waals surface area contributed by atoms with E-state index in [1.165, 1.54) is 110 Å². The number of aromatic nitrogens is 2. The molecule has 72 heavy (non-hydrogen) atoms. The van der Waals surface area contributed by atoms with Gasteiger partial charge >= 0.3 is 0 Å². The first-order valence-electron chi connectivity index (χ1n) is 24.9. The third-order valence-corrected chi connectivity index (χ3v) is 15.4. The topological polar surface area (TPSA) is 15.3 Å². The second-order valence-corrected chi connectivity index (χ2v) is 19.3. The highest BCUT2D eigenvalue weighted by molar-refractivity contribution is 6.38. The van der Waals surface area contributed by atoms with Crippen LogP contribution in [-0.2, 0) is 0 Å². The van der Waals surface area contributed by atoms with E-state index in [1.54, 1.807) is 0 Å². The van der Waals surface area contributed by atoms with Gasteiger partial charge in [-0.25, -0.2) is 0 Å². The van der Waals surface area contributed by atoms with Crippen molar-refractivity contribution in [1.29, 1.82) is 0 Å². The molecule has 0 N–H and O–H groups in total. The number of hydrogen-bond donors (Lipinski definition) is 0. The van der Waals surface area contributed by atoms with Crippen LogP contribution in [0, 0.1) is 13.8 Å². The molecule has 4 heterocycles. The van der Waals surface area contributed by atoms with Crippen molar-refractivity contribution in [1.82, 2.24) is 8.80 Å². The highest BCUT2D eigenvalue weighted by atomic mass is 15.2. The van der Waals surface area contributed by atoms with Gasteiger partial charge in [0.05, 0.1) is 33.1 Å². The van der Waals surface area contributed by atoms with Gasteiger partial charge in [-0.2, -0.15) is 0 Å². The molecule has 4 heteroatoms. The van der Waals surface area contributed by atoms with Crippen molar-refractivity contribution in [2.45, 2.75) is 13.8 Å². The van der Waals surface area contributed by atoms with E-state index in [4.69, 9.17) is 0 Å². The van der Waals surface area contributed by atoms with Crippen molar-refractivity contribution in [3.8, 4) is 22.3 Å². The number of anilines is 6. The van der Waals surface area contributed by atoms with Crippen LogP contribution in [0.25, 0.3) is 98.4 Å². The van der Waals surface area contributed by atoms with E-state index in [2.05, 4.69) is 275 Å². The molecule has 11 aromatic carbocycles. The second-order valence-electron chi connectivity index (χ2n) is 19.3. The van der Waals surface area contributed by atoms with Gasteiger partial charge in [0.25, 0.3) is 0 Å². The van der Waals surface area contributed by atoms with Gasteiger partial charge in [0.2, 0.25) is 0 Å². The third kappa shape index (κ3) is 5.69. The summed E-state index contributed by atoms with van der Waals surface area (Å²) < 4.78 is 5.25. The predicted molar refractivity (Wildman–Crippen MR) is 305 cm³/mol. The zero-order chi connectivity index (χ0) is 47.6. The average Bonchev–Trinajstić information content (AvgIpc) is 4.17. The Hall–Kier alpha value is -9.38. The number of aryl methyl sites for hydroxylation is 2. The van der Waals surface area contributed by atoms with E-state index in [0.29, 0.717) is 0 Å². The Balaban J connectivity index is 1.14. The molecule has 0 spiro atoms. The van der Waals surface area contributed by atoms with Gasteiger partial charge in [-0.15, -0.1) is 0 Å². The van der Waals surface area contributed by atoms with Gasteiger partial charge in [-0.1, -0.05) is 182 Å². The lowest BCUT2D eigenvalue weighted by Gasteiger charge is -2.27. The summed E-state index contributed by atoms with van der Waals surface area (Å²) in [7, 11) is 0. The molecule has 338 valence electrons. The number of rotatable bonds is 8. The van der Waals surface area contributed by atoms with E-state index >= 15 is 0 Å². The Morgan fingerprint density at radius 3 is 1.04 bits per heavy atom. The SMILES string of the molecule is Cc1ccccc1N(c1ccccc1)c1ccc2c3cccc4c5c(-c6ccccc6)c6c(c(-c7ccccc7)c5n(c2c1)c34)c1cccc2c3ccc(N(c4ccccc4)c4ccccc4C)cc3n6c21. The largest absolute Gasteiger partial charge is 0.310 e. The van der Waals surface area contributed by atoms with Crippen molar-refractivity contribution < 1.29 is 0 Å². The summed E-state index contributed by atoms with van der Waals surface area (Å²) in [6.45, 7) is 4.42. The number of fused-ring (bicyclic) bond motifs is 12. The van der Waals surface area contributed by atoms with Crippen molar-refractivity contribution in [3.63, 3.8) is 0 Å². The molecule has 0 saturated heterocycles. The van der Waals surface area contributed by atoms with E-state index < -0.39 is 0 Å². The molecule has 15 aromatic rings. The minimum atomic E-state index is 1.11. The van der Waals surface area contributed by atoms with Crippen LogP contribution < -0.4 is 9.80 Å². The summed E-state index contributed by atoms with van der Waals surface area (Å²) in [5, 5.41) is 10.00. The van der Waals surface area contributed by atoms with Crippen LogP contribution in [0.5, 0.6) is 0 Å². The van der Waals surface area contributed by atoms with Crippen molar-refractivity contribution in [2.24, 2.45) is 0 Å². The van der Waals surface area contributed by atoms with E-state index in [9.17, 15) is 0 Å². The standard InChI is InChI=1S/C68H46N4/c1-43-21-15-17-35-57(43)69(47-27-11-5-12-28-47)49-37-39-51-53-31-19-33-55-63-62(46-25-9-4-10-26-46)68-64(61(45-23-7-3-8-24-45)67(63)71(65(53)55)59(51)41-49)56-34-20-32-54-52-40-38-50(42-60(52)72(68)66(54)56)70(48-29-13-6-14-30-48)58-36-18-16-22-44(58)2/h3-42H,1-2H3. The average molecular weight is 919 g/mol. The minimum absolute atomic E-state index is 1.11. The monoisotopic (exact) mass is 918 g/mol. The van der Waals surface area contributed by atoms with Crippen molar-refractivity contribution in [3.05, 3.63) is 254 Å². The molecule has 15 rings (SSSR count). The zero-order valence-electron chi connectivity index (χ0n) is 39.9. The molecule has 0 saturated carbocycles. The Kier molecular flexibility index (Phi) is 8.75. The maximum absolute atomic E-state index is 2.62. The third-order valence-electron chi connectivity index (χ3n) is 15.4. The number of hydrogen-bond acceptors (Lipinski definition) is 2. The lowest BCUT2D eigenvalue weighted by molar-refractivity contribution is 1.25. The summed E-state index contributed by atoms with van der Waals surface area (Å²) >= 11 is 0. The maximum atomic E-state index is 2.62. The van der Waals surface area contributed by atoms with Gasteiger partial charge in [0.15, 0.2) is 0 Å². The molecule has 0 amide bonds. The lowest BCUT2D eigenvalue weighted by Crippen LogP contribution is -2.11.